The Bertz CT molecular complexity index is 933. The zero-order chi connectivity index (χ0) is 16.7. The molecule has 3 aromatic rings. The molecule has 2 N–H and O–H groups in total. The lowest BCUT2D eigenvalue weighted by atomic mass is 9.85. The summed E-state index contributed by atoms with van der Waals surface area (Å²) in [5.74, 6) is 0.501. The molecule has 1 fully saturated rings. The molecule has 0 spiro atoms. The van der Waals surface area contributed by atoms with Crippen LogP contribution < -0.4 is 5.32 Å². The Morgan fingerprint density at radius 1 is 1.25 bits per heavy atom. The number of anilines is 1. The van der Waals surface area contributed by atoms with Crippen molar-refractivity contribution in [2.45, 2.75) is 25.2 Å². The minimum absolute atomic E-state index is 0.0121. The Hall–Kier alpha value is -2.21. The van der Waals surface area contributed by atoms with Gasteiger partial charge in [0.25, 0.3) is 5.91 Å². The van der Waals surface area contributed by atoms with Crippen LogP contribution >= 0.6 is 15.9 Å². The molecule has 1 aromatic heterocycles. The third-order valence-electron chi connectivity index (χ3n) is 4.43. The highest BCUT2D eigenvalue weighted by Crippen LogP contribution is 2.35. The summed E-state index contributed by atoms with van der Waals surface area (Å²) < 4.78 is 14.5. The van der Waals surface area contributed by atoms with E-state index in [2.05, 4.69) is 31.2 Å². The summed E-state index contributed by atoms with van der Waals surface area (Å²) in [6, 6.07) is 9.85. The number of carbonyl (C=O) groups excluding carboxylic acids is 1. The molecule has 24 heavy (non-hydrogen) atoms. The first kappa shape index (κ1) is 15.3. The summed E-state index contributed by atoms with van der Waals surface area (Å²) in [7, 11) is 0. The van der Waals surface area contributed by atoms with E-state index in [4.69, 9.17) is 0 Å². The lowest BCUT2D eigenvalue weighted by Gasteiger charge is -2.22. The molecule has 4 rings (SSSR count). The van der Waals surface area contributed by atoms with Gasteiger partial charge in [-0.05, 0) is 49.2 Å². The molecular weight excluding hydrogens is 373 g/mol. The fraction of sp³-hybridized carbons (Fsp3) is 0.222. The molecule has 1 saturated carbocycles. The number of imidazole rings is 1. The van der Waals surface area contributed by atoms with Crippen molar-refractivity contribution in [3.05, 3.63) is 58.1 Å². The van der Waals surface area contributed by atoms with Crippen molar-refractivity contribution in [3.8, 4) is 0 Å². The second-order valence-electron chi connectivity index (χ2n) is 6.06. The number of rotatable bonds is 3. The van der Waals surface area contributed by atoms with E-state index in [9.17, 15) is 9.18 Å². The monoisotopic (exact) mass is 387 g/mol. The molecule has 2 aromatic carbocycles. The van der Waals surface area contributed by atoms with E-state index in [1.165, 1.54) is 31.4 Å². The summed E-state index contributed by atoms with van der Waals surface area (Å²) in [6.07, 6.45) is 3.60. The summed E-state index contributed by atoms with van der Waals surface area (Å²) in [5, 5.41) is 2.74. The molecular formula is C18H15BrFN3O. The van der Waals surface area contributed by atoms with Gasteiger partial charge in [-0.1, -0.05) is 22.4 Å². The Morgan fingerprint density at radius 2 is 2.08 bits per heavy atom. The zero-order valence-corrected chi connectivity index (χ0v) is 14.4. The molecule has 0 saturated heterocycles. The van der Waals surface area contributed by atoms with Crippen molar-refractivity contribution in [3.63, 3.8) is 0 Å². The van der Waals surface area contributed by atoms with E-state index in [1.807, 2.05) is 12.1 Å². The summed E-state index contributed by atoms with van der Waals surface area (Å²) in [4.78, 5) is 20.2. The minimum Gasteiger partial charge on any atom is -0.342 e. The van der Waals surface area contributed by atoms with Gasteiger partial charge in [-0.3, -0.25) is 4.79 Å². The summed E-state index contributed by atoms with van der Waals surface area (Å²) >= 11 is 3.18. The largest absolute Gasteiger partial charge is 0.342 e. The van der Waals surface area contributed by atoms with Crippen molar-refractivity contribution in [1.82, 2.24) is 9.97 Å². The lowest BCUT2D eigenvalue weighted by Crippen LogP contribution is -2.13. The molecule has 0 unspecified atom stereocenters. The topological polar surface area (TPSA) is 57.8 Å². The highest BCUT2D eigenvalue weighted by Gasteiger charge is 2.22. The molecule has 0 atom stereocenters. The third kappa shape index (κ3) is 2.82. The van der Waals surface area contributed by atoms with Crippen molar-refractivity contribution in [2.75, 3.05) is 5.32 Å². The standard InChI is InChI=1S/C18H15BrFN3O/c19-11-4-6-13(14(20)8-11)18(24)21-12-5-7-15-16(9-12)23-17(22-15)10-2-1-3-10/h4-10H,1-3H2,(H,21,24)(H,22,23). The molecule has 122 valence electrons. The Morgan fingerprint density at radius 3 is 2.79 bits per heavy atom. The number of hydrogen-bond acceptors (Lipinski definition) is 2. The normalized spacial score (nSPS) is 14.6. The first-order valence-corrected chi connectivity index (χ1v) is 8.65. The zero-order valence-electron chi connectivity index (χ0n) is 12.8. The summed E-state index contributed by atoms with van der Waals surface area (Å²) in [5.41, 5.74) is 2.38. The van der Waals surface area contributed by atoms with Crippen LogP contribution in [0.2, 0.25) is 0 Å². The second-order valence-corrected chi connectivity index (χ2v) is 6.98. The first-order valence-electron chi connectivity index (χ1n) is 7.86. The van der Waals surface area contributed by atoms with Crippen molar-refractivity contribution in [2.24, 2.45) is 0 Å². The van der Waals surface area contributed by atoms with Gasteiger partial charge in [-0.25, -0.2) is 9.37 Å². The number of fused-ring (bicyclic) bond motifs is 1. The number of aromatic nitrogens is 2. The fourth-order valence-electron chi connectivity index (χ4n) is 2.85. The second kappa shape index (κ2) is 6.02. The van der Waals surface area contributed by atoms with Crippen LogP contribution in [-0.2, 0) is 0 Å². The molecule has 4 nitrogen and oxygen atoms in total. The number of nitrogens with zero attached hydrogens (tertiary/aromatic N) is 1. The fourth-order valence-corrected chi connectivity index (χ4v) is 3.19. The van der Waals surface area contributed by atoms with Gasteiger partial charge in [-0.2, -0.15) is 0 Å². The van der Waals surface area contributed by atoms with Crippen LogP contribution in [0.1, 0.15) is 41.4 Å². The SMILES string of the molecule is O=C(Nc1ccc2nc(C3CCC3)[nH]c2c1)c1ccc(Br)cc1F. The van der Waals surface area contributed by atoms with Gasteiger partial charge >= 0.3 is 0 Å². The molecule has 0 radical (unpaired) electrons. The van der Waals surface area contributed by atoms with Crippen molar-refractivity contribution >= 4 is 38.6 Å². The number of aromatic amines is 1. The van der Waals surface area contributed by atoms with Gasteiger partial charge in [-0.15, -0.1) is 0 Å². The predicted octanol–water partition coefficient (Wildman–Crippen LogP) is 4.98. The maximum atomic E-state index is 13.9. The van der Waals surface area contributed by atoms with Crippen LogP contribution in [0.15, 0.2) is 40.9 Å². The summed E-state index contributed by atoms with van der Waals surface area (Å²) in [6.45, 7) is 0. The predicted molar refractivity (Wildman–Crippen MR) is 94.7 cm³/mol. The highest BCUT2D eigenvalue weighted by molar-refractivity contribution is 9.10. The number of carbonyl (C=O) groups is 1. The maximum Gasteiger partial charge on any atom is 0.258 e. The molecule has 1 amide bonds. The van der Waals surface area contributed by atoms with Gasteiger partial charge in [0.1, 0.15) is 11.6 Å². The van der Waals surface area contributed by atoms with Crippen LogP contribution in [0.5, 0.6) is 0 Å². The third-order valence-corrected chi connectivity index (χ3v) is 4.92. The average molecular weight is 388 g/mol. The van der Waals surface area contributed by atoms with Gasteiger partial charge < -0.3 is 10.3 Å². The van der Waals surface area contributed by atoms with Crippen molar-refractivity contribution < 1.29 is 9.18 Å². The van der Waals surface area contributed by atoms with Gasteiger partial charge in [0, 0.05) is 16.1 Å². The quantitative estimate of drug-likeness (QED) is 0.665. The number of halogens is 2. The van der Waals surface area contributed by atoms with E-state index >= 15 is 0 Å². The van der Waals surface area contributed by atoms with E-state index in [-0.39, 0.29) is 5.56 Å². The molecule has 1 aliphatic rings. The van der Waals surface area contributed by atoms with Crippen LogP contribution in [-0.4, -0.2) is 15.9 Å². The molecule has 0 aliphatic heterocycles. The van der Waals surface area contributed by atoms with E-state index < -0.39 is 11.7 Å². The first-order chi connectivity index (χ1) is 11.6. The van der Waals surface area contributed by atoms with Gasteiger partial charge in [0.05, 0.1) is 16.6 Å². The molecule has 1 aliphatic carbocycles. The van der Waals surface area contributed by atoms with Crippen LogP contribution in [0.25, 0.3) is 11.0 Å². The lowest BCUT2D eigenvalue weighted by molar-refractivity contribution is 0.102. The highest BCUT2D eigenvalue weighted by atomic mass is 79.9. The van der Waals surface area contributed by atoms with E-state index in [0.717, 1.165) is 16.9 Å². The number of benzene rings is 2. The number of H-pyrrole nitrogens is 1. The van der Waals surface area contributed by atoms with E-state index in [0.29, 0.717) is 16.1 Å². The van der Waals surface area contributed by atoms with E-state index in [1.54, 1.807) is 12.1 Å². The minimum atomic E-state index is -0.559. The molecule has 1 heterocycles. The average Bonchev–Trinajstić information content (AvgIpc) is 2.87. The van der Waals surface area contributed by atoms with Crippen LogP contribution in [0.3, 0.4) is 0 Å². The van der Waals surface area contributed by atoms with Crippen LogP contribution in [0, 0.1) is 5.82 Å². The Labute approximate surface area is 146 Å². The van der Waals surface area contributed by atoms with Gasteiger partial charge in [0.2, 0.25) is 0 Å². The van der Waals surface area contributed by atoms with Crippen molar-refractivity contribution in [1.29, 1.82) is 0 Å². The smallest absolute Gasteiger partial charge is 0.258 e. The maximum absolute atomic E-state index is 13.9. The number of amides is 1. The Kier molecular flexibility index (Phi) is 3.84. The van der Waals surface area contributed by atoms with Crippen LogP contribution in [0.4, 0.5) is 10.1 Å². The molecule has 0 bridgehead atoms. The Balaban J connectivity index is 1.58. The number of hydrogen-bond donors (Lipinski definition) is 2. The molecule has 6 heteroatoms. The van der Waals surface area contributed by atoms with Gasteiger partial charge in [0.15, 0.2) is 0 Å². The number of nitrogens with one attached hydrogen (secondary N) is 2.